The van der Waals surface area contributed by atoms with Crippen LogP contribution in [0.25, 0.3) is 0 Å². The quantitative estimate of drug-likeness (QED) is 0.567. The van der Waals surface area contributed by atoms with Crippen LogP contribution in [0.3, 0.4) is 0 Å². The molecule has 2 rings (SSSR count). The van der Waals surface area contributed by atoms with Gasteiger partial charge in [-0.1, -0.05) is 22.9 Å². The van der Waals surface area contributed by atoms with Crippen LogP contribution in [0.1, 0.15) is 35.7 Å². The van der Waals surface area contributed by atoms with Crippen molar-refractivity contribution >= 4 is 39.3 Å². The van der Waals surface area contributed by atoms with Crippen molar-refractivity contribution in [1.29, 1.82) is 0 Å². The highest BCUT2D eigenvalue weighted by molar-refractivity contribution is 9.10. The van der Waals surface area contributed by atoms with Crippen LogP contribution >= 0.6 is 15.9 Å². The van der Waals surface area contributed by atoms with Gasteiger partial charge < -0.3 is 10.1 Å². The summed E-state index contributed by atoms with van der Waals surface area (Å²) in [5.41, 5.74) is 6.47. The molecule has 28 heavy (non-hydrogen) atoms. The summed E-state index contributed by atoms with van der Waals surface area (Å²) in [5, 5.41) is 2.74. The number of carbonyl (C=O) groups is 3. The van der Waals surface area contributed by atoms with Crippen LogP contribution in [0.2, 0.25) is 0 Å². The minimum Gasteiger partial charge on any atom is -0.483 e. The van der Waals surface area contributed by atoms with E-state index in [-0.39, 0.29) is 12.5 Å². The number of hydrazine groups is 1. The van der Waals surface area contributed by atoms with Gasteiger partial charge in [0.25, 0.3) is 11.8 Å². The fraction of sp³-hybridized carbons (Fsp3) is 0.250. The Morgan fingerprint density at radius 3 is 2.36 bits per heavy atom. The second-order valence-electron chi connectivity index (χ2n) is 6.08. The SMILES string of the molecule is CCCC(=O)Nc1ccc(C(=O)NNC(=O)COc2ccc(Br)cc2C)cc1. The Morgan fingerprint density at radius 2 is 1.71 bits per heavy atom. The minimum absolute atomic E-state index is 0.0759. The number of ether oxygens (including phenoxy) is 1. The van der Waals surface area contributed by atoms with Gasteiger partial charge in [-0.2, -0.15) is 0 Å². The van der Waals surface area contributed by atoms with Crippen molar-refractivity contribution in [3.63, 3.8) is 0 Å². The van der Waals surface area contributed by atoms with Crippen molar-refractivity contribution in [2.45, 2.75) is 26.7 Å². The number of hydrogen-bond acceptors (Lipinski definition) is 4. The van der Waals surface area contributed by atoms with Gasteiger partial charge in [0, 0.05) is 22.1 Å². The second-order valence-corrected chi connectivity index (χ2v) is 6.99. The van der Waals surface area contributed by atoms with Crippen molar-refractivity contribution in [3.8, 4) is 5.75 Å². The van der Waals surface area contributed by atoms with E-state index in [1.54, 1.807) is 30.3 Å². The predicted octanol–water partition coefficient (Wildman–Crippen LogP) is 3.34. The van der Waals surface area contributed by atoms with Crippen LogP contribution in [-0.2, 0) is 9.59 Å². The third-order valence-corrected chi connectivity index (χ3v) is 4.21. The Balaban J connectivity index is 1.79. The minimum atomic E-state index is -0.487. The summed E-state index contributed by atoms with van der Waals surface area (Å²) in [7, 11) is 0. The number of nitrogens with one attached hydrogen (secondary N) is 3. The zero-order chi connectivity index (χ0) is 20.5. The largest absolute Gasteiger partial charge is 0.483 e. The maximum atomic E-state index is 12.1. The molecule has 3 amide bonds. The van der Waals surface area contributed by atoms with E-state index in [4.69, 9.17) is 4.74 Å². The molecular weight excluding hydrogens is 426 g/mol. The summed E-state index contributed by atoms with van der Waals surface area (Å²) in [6, 6.07) is 11.8. The number of hydrogen-bond donors (Lipinski definition) is 3. The van der Waals surface area contributed by atoms with Gasteiger partial charge >= 0.3 is 0 Å². The Hall–Kier alpha value is -2.87. The Labute approximate surface area is 171 Å². The molecule has 148 valence electrons. The molecule has 0 radical (unpaired) electrons. The number of carbonyl (C=O) groups excluding carboxylic acids is 3. The maximum Gasteiger partial charge on any atom is 0.276 e. The average molecular weight is 448 g/mol. The van der Waals surface area contributed by atoms with E-state index in [0.29, 0.717) is 23.4 Å². The molecule has 2 aromatic rings. The van der Waals surface area contributed by atoms with E-state index in [0.717, 1.165) is 16.5 Å². The van der Waals surface area contributed by atoms with Crippen LogP contribution in [0.4, 0.5) is 5.69 Å². The summed E-state index contributed by atoms with van der Waals surface area (Å²) in [5.74, 6) is -0.447. The zero-order valence-electron chi connectivity index (χ0n) is 15.7. The highest BCUT2D eigenvalue weighted by atomic mass is 79.9. The van der Waals surface area contributed by atoms with E-state index in [2.05, 4.69) is 32.1 Å². The molecule has 0 saturated carbocycles. The molecule has 0 heterocycles. The molecule has 0 unspecified atom stereocenters. The van der Waals surface area contributed by atoms with Crippen molar-refractivity contribution in [3.05, 3.63) is 58.1 Å². The molecular formula is C20H22BrN3O4. The molecule has 2 aromatic carbocycles. The molecule has 0 aromatic heterocycles. The molecule has 7 nitrogen and oxygen atoms in total. The smallest absolute Gasteiger partial charge is 0.276 e. The molecule has 0 aliphatic rings. The molecule has 0 fully saturated rings. The summed E-state index contributed by atoms with van der Waals surface area (Å²) in [6.45, 7) is 3.56. The molecule has 0 spiro atoms. The van der Waals surface area contributed by atoms with Crippen molar-refractivity contribution < 1.29 is 19.1 Å². The van der Waals surface area contributed by atoms with Gasteiger partial charge in [0.05, 0.1) is 0 Å². The number of amides is 3. The Morgan fingerprint density at radius 1 is 1.00 bits per heavy atom. The van der Waals surface area contributed by atoms with Gasteiger partial charge in [0.1, 0.15) is 5.75 Å². The third-order valence-electron chi connectivity index (χ3n) is 3.72. The van der Waals surface area contributed by atoms with Gasteiger partial charge in [-0.3, -0.25) is 25.2 Å². The first-order chi connectivity index (χ1) is 13.4. The van der Waals surface area contributed by atoms with Crippen molar-refractivity contribution in [2.24, 2.45) is 0 Å². The van der Waals surface area contributed by atoms with E-state index >= 15 is 0 Å². The first-order valence-electron chi connectivity index (χ1n) is 8.77. The van der Waals surface area contributed by atoms with E-state index in [9.17, 15) is 14.4 Å². The fourth-order valence-electron chi connectivity index (χ4n) is 2.31. The van der Waals surface area contributed by atoms with Gasteiger partial charge in [0.15, 0.2) is 6.61 Å². The van der Waals surface area contributed by atoms with Crippen LogP contribution in [0.15, 0.2) is 46.9 Å². The summed E-state index contributed by atoms with van der Waals surface area (Å²) >= 11 is 3.36. The average Bonchev–Trinajstić information content (AvgIpc) is 2.66. The van der Waals surface area contributed by atoms with Crippen LogP contribution < -0.4 is 20.9 Å². The highest BCUT2D eigenvalue weighted by Crippen LogP contribution is 2.21. The number of halogens is 1. The standard InChI is InChI=1S/C20H22BrN3O4/c1-3-4-18(25)22-16-8-5-14(6-9-16)20(27)24-23-19(26)12-28-17-10-7-15(21)11-13(17)2/h5-11H,3-4,12H2,1-2H3,(H,22,25)(H,23,26)(H,24,27). The summed E-state index contributed by atoms with van der Waals surface area (Å²) < 4.78 is 6.36. The topological polar surface area (TPSA) is 96.5 Å². The lowest BCUT2D eigenvalue weighted by molar-refractivity contribution is -0.123. The number of rotatable bonds is 7. The fourth-order valence-corrected chi connectivity index (χ4v) is 2.78. The zero-order valence-corrected chi connectivity index (χ0v) is 17.3. The molecule has 0 atom stereocenters. The molecule has 3 N–H and O–H groups in total. The van der Waals surface area contributed by atoms with Crippen LogP contribution in [-0.4, -0.2) is 24.3 Å². The van der Waals surface area contributed by atoms with E-state index in [1.165, 1.54) is 0 Å². The summed E-state index contributed by atoms with van der Waals surface area (Å²) in [6.07, 6.45) is 1.20. The van der Waals surface area contributed by atoms with E-state index in [1.807, 2.05) is 26.0 Å². The Bertz CT molecular complexity index is 853. The van der Waals surface area contributed by atoms with Gasteiger partial charge in [-0.05, 0) is 61.4 Å². The monoisotopic (exact) mass is 447 g/mol. The predicted molar refractivity (Wildman–Crippen MR) is 110 cm³/mol. The van der Waals surface area contributed by atoms with Crippen LogP contribution in [0, 0.1) is 6.92 Å². The molecule has 0 bridgehead atoms. The number of benzene rings is 2. The normalized spacial score (nSPS) is 10.1. The van der Waals surface area contributed by atoms with Gasteiger partial charge in [0.2, 0.25) is 5.91 Å². The Kier molecular flexibility index (Phi) is 8.01. The van der Waals surface area contributed by atoms with Gasteiger partial charge in [-0.25, -0.2) is 0 Å². The lowest BCUT2D eigenvalue weighted by Crippen LogP contribution is -2.43. The first-order valence-corrected chi connectivity index (χ1v) is 9.56. The lowest BCUT2D eigenvalue weighted by Gasteiger charge is -2.11. The first kappa shape index (κ1) is 21.4. The second kappa shape index (κ2) is 10.5. The van der Waals surface area contributed by atoms with Gasteiger partial charge in [-0.15, -0.1) is 0 Å². The van der Waals surface area contributed by atoms with Crippen molar-refractivity contribution in [2.75, 3.05) is 11.9 Å². The molecule has 0 saturated heterocycles. The number of aryl methyl sites for hydroxylation is 1. The van der Waals surface area contributed by atoms with E-state index < -0.39 is 11.8 Å². The molecule has 0 aliphatic heterocycles. The molecule has 0 aliphatic carbocycles. The van der Waals surface area contributed by atoms with Crippen molar-refractivity contribution in [1.82, 2.24) is 10.9 Å². The van der Waals surface area contributed by atoms with Crippen LogP contribution in [0.5, 0.6) is 5.75 Å². The molecule has 8 heteroatoms. The number of anilines is 1. The summed E-state index contributed by atoms with van der Waals surface area (Å²) in [4.78, 5) is 35.5. The highest BCUT2D eigenvalue weighted by Gasteiger charge is 2.09. The third kappa shape index (κ3) is 6.70. The maximum absolute atomic E-state index is 12.1. The lowest BCUT2D eigenvalue weighted by atomic mass is 10.2.